The van der Waals surface area contributed by atoms with Crippen molar-refractivity contribution in [2.75, 3.05) is 16.8 Å². The van der Waals surface area contributed by atoms with Crippen molar-refractivity contribution in [3.8, 4) is 0 Å². The molecule has 2 aromatic carbocycles. The Labute approximate surface area is 148 Å². The molecule has 0 saturated carbocycles. The predicted octanol–water partition coefficient (Wildman–Crippen LogP) is 4.38. The van der Waals surface area contributed by atoms with Crippen LogP contribution >= 0.6 is 11.8 Å². The summed E-state index contributed by atoms with van der Waals surface area (Å²) < 4.78 is 24.7. The van der Waals surface area contributed by atoms with E-state index in [1.54, 1.807) is 23.1 Å². The number of carbonyl (C=O) groups is 2. The number of rotatable bonds is 5. The lowest BCUT2D eigenvalue weighted by molar-refractivity contribution is -0.117. The number of hydrogen-bond donors (Lipinski definition) is 1. The van der Waals surface area contributed by atoms with Crippen LogP contribution in [0.4, 0.5) is 20.2 Å². The number of benzene rings is 2. The fourth-order valence-corrected chi connectivity index (χ4v) is 3.20. The summed E-state index contributed by atoms with van der Waals surface area (Å²) in [5.41, 5.74) is 1.58. The van der Waals surface area contributed by atoms with Gasteiger partial charge in [0.05, 0.1) is 11.4 Å². The molecule has 7 heteroatoms. The number of para-hydroxylation sites is 2. The predicted molar refractivity (Wildman–Crippen MR) is 94.3 cm³/mol. The number of nitrogens with one attached hydrogen (secondary N) is 1. The van der Waals surface area contributed by atoms with E-state index in [0.29, 0.717) is 46.6 Å². The molecule has 0 radical (unpaired) electrons. The Morgan fingerprint density at radius 3 is 2.48 bits per heavy atom. The molecule has 1 aliphatic rings. The van der Waals surface area contributed by atoms with E-state index in [4.69, 9.17) is 0 Å². The third-order valence-corrected chi connectivity index (χ3v) is 4.58. The van der Waals surface area contributed by atoms with Crippen LogP contribution in [0.1, 0.15) is 23.2 Å². The molecule has 0 bridgehead atoms. The fourth-order valence-electron chi connectivity index (χ4n) is 2.70. The zero-order valence-electron chi connectivity index (χ0n) is 13.2. The van der Waals surface area contributed by atoms with Gasteiger partial charge in [0.15, 0.2) is 0 Å². The van der Waals surface area contributed by atoms with E-state index >= 15 is 0 Å². The van der Waals surface area contributed by atoms with Crippen molar-refractivity contribution in [3.05, 3.63) is 54.1 Å². The van der Waals surface area contributed by atoms with Crippen LogP contribution in [0.5, 0.6) is 0 Å². The maximum absolute atomic E-state index is 12.4. The number of hydrogen-bond acceptors (Lipinski definition) is 3. The summed E-state index contributed by atoms with van der Waals surface area (Å²) in [6.07, 6.45) is 1.30. The molecule has 2 aromatic rings. The minimum absolute atomic E-state index is 0.0371. The first kappa shape index (κ1) is 17.4. The SMILES string of the molecule is O=C(Nc1ccccc1N1CCCC1=O)c1ccc(SC(F)F)cc1. The lowest BCUT2D eigenvalue weighted by Gasteiger charge is -2.20. The molecule has 2 amide bonds. The molecule has 1 N–H and O–H groups in total. The van der Waals surface area contributed by atoms with Gasteiger partial charge in [-0.15, -0.1) is 0 Å². The topological polar surface area (TPSA) is 49.4 Å². The summed E-state index contributed by atoms with van der Waals surface area (Å²) >= 11 is 0.433. The highest BCUT2D eigenvalue weighted by molar-refractivity contribution is 7.99. The van der Waals surface area contributed by atoms with Gasteiger partial charge in [0, 0.05) is 23.4 Å². The van der Waals surface area contributed by atoms with Crippen molar-refractivity contribution in [2.24, 2.45) is 0 Å². The van der Waals surface area contributed by atoms with Gasteiger partial charge in [0.1, 0.15) is 0 Å². The number of carbonyl (C=O) groups excluding carboxylic acids is 2. The third-order valence-electron chi connectivity index (χ3n) is 3.86. The van der Waals surface area contributed by atoms with Crippen LogP contribution in [0, 0.1) is 0 Å². The minimum Gasteiger partial charge on any atom is -0.320 e. The van der Waals surface area contributed by atoms with E-state index in [1.165, 1.54) is 24.3 Å². The highest BCUT2D eigenvalue weighted by atomic mass is 32.2. The molecular weight excluding hydrogens is 346 g/mol. The summed E-state index contributed by atoms with van der Waals surface area (Å²) in [5, 5.41) is 2.80. The first-order chi connectivity index (χ1) is 12.0. The Kier molecular flexibility index (Phi) is 5.33. The molecular formula is C18H16F2N2O2S. The quantitative estimate of drug-likeness (QED) is 0.803. The Hall–Kier alpha value is -2.41. The maximum Gasteiger partial charge on any atom is 0.288 e. The molecule has 25 heavy (non-hydrogen) atoms. The molecule has 0 spiro atoms. The van der Waals surface area contributed by atoms with Crippen LogP contribution in [0.25, 0.3) is 0 Å². The highest BCUT2D eigenvalue weighted by Gasteiger charge is 2.24. The van der Waals surface area contributed by atoms with Crippen molar-refractivity contribution >= 4 is 35.0 Å². The first-order valence-electron chi connectivity index (χ1n) is 7.80. The smallest absolute Gasteiger partial charge is 0.288 e. The second kappa shape index (κ2) is 7.65. The first-order valence-corrected chi connectivity index (χ1v) is 8.68. The monoisotopic (exact) mass is 362 g/mol. The van der Waals surface area contributed by atoms with E-state index in [9.17, 15) is 18.4 Å². The van der Waals surface area contributed by atoms with Gasteiger partial charge in [-0.05, 0) is 42.8 Å². The number of nitrogens with zero attached hydrogens (tertiary/aromatic N) is 1. The second-order valence-corrected chi connectivity index (χ2v) is 6.59. The molecule has 0 aliphatic carbocycles. The highest BCUT2D eigenvalue weighted by Crippen LogP contribution is 2.30. The van der Waals surface area contributed by atoms with E-state index in [-0.39, 0.29) is 11.8 Å². The Morgan fingerprint density at radius 2 is 1.84 bits per heavy atom. The van der Waals surface area contributed by atoms with Crippen molar-refractivity contribution in [1.29, 1.82) is 0 Å². The zero-order chi connectivity index (χ0) is 17.8. The maximum atomic E-state index is 12.4. The molecule has 4 nitrogen and oxygen atoms in total. The summed E-state index contributed by atoms with van der Waals surface area (Å²) in [7, 11) is 0. The molecule has 3 rings (SSSR count). The van der Waals surface area contributed by atoms with Crippen molar-refractivity contribution < 1.29 is 18.4 Å². The number of alkyl halides is 2. The number of anilines is 2. The molecule has 0 unspecified atom stereocenters. The number of halogens is 2. The molecule has 0 aromatic heterocycles. The molecule has 1 saturated heterocycles. The Balaban J connectivity index is 1.76. The minimum atomic E-state index is -2.50. The zero-order valence-corrected chi connectivity index (χ0v) is 14.1. The van der Waals surface area contributed by atoms with Gasteiger partial charge in [0.25, 0.3) is 11.7 Å². The van der Waals surface area contributed by atoms with Crippen LogP contribution in [-0.4, -0.2) is 24.1 Å². The second-order valence-electron chi connectivity index (χ2n) is 5.52. The Bertz CT molecular complexity index is 781. The molecule has 0 atom stereocenters. The van der Waals surface area contributed by atoms with Gasteiger partial charge in [-0.2, -0.15) is 8.78 Å². The average molecular weight is 362 g/mol. The lowest BCUT2D eigenvalue weighted by Crippen LogP contribution is -2.25. The summed E-state index contributed by atoms with van der Waals surface area (Å²) in [6, 6.07) is 13.1. The van der Waals surface area contributed by atoms with Crippen LogP contribution < -0.4 is 10.2 Å². The fraction of sp³-hybridized carbons (Fsp3) is 0.222. The molecule has 1 fully saturated rings. The molecule has 130 valence electrons. The summed E-state index contributed by atoms with van der Waals surface area (Å²) in [5.74, 6) is -2.81. The van der Waals surface area contributed by atoms with Crippen molar-refractivity contribution in [3.63, 3.8) is 0 Å². The van der Waals surface area contributed by atoms with Crippen LogP contribution in [-0.2, 0) is 4.79 Å². The third kappa shape index (κ3) is 4.17. The van der Waals surface area contributed by atoms with Crippen LogP contribution in [0.2, 0.25) is 0 Å². The van der Waals surface area contributed by atoms with Gasteiger partial charge < -0.3 is 10.2 Å². The summed E-state index contributed by atoms with van der Waals surface area (Å²) in [4.78, 5) is 26.4. The normalized spacial score (nSPS) is 14.2. The van der Waals surface area contributed by atoms with Crippen LogP contribution in [0.3, 0.4) is 0 Å². The van der Waals surface area contributed by atoms with Gasteiger partial charge in [0.2, 0.25) is 5.91 Å². The Morgan fingerprint density at radius 1 is 1.12 bits per heavy atom. The van der Waals surface area contributed by atoms with E-state index in [2.05, 4.69) is 5.32 Å². The van der Waals surface area contributed by atoms with E-state index in [0.717, 1.165) is 6.42 Å². The van der Waals surface area contributed by atoms with Crippen molar-refractivity contribution in [2.45, 2.75) is 23.5 Å². The lowest BCUT2D eigenvalue weighted by atomic mass is 10.2. The number of thioether (sulfide) groups is 1. The number of amides is 2. The van der Waals surface area contributed by atoms with Gasteiger partial charge in [-0.1, -0.05) is 23.9 Å². The van der Waals surface area contributed by atoms with Gasteiger partial charge in [-0.25, -0.2) is 0 Å². The largest absolute Gasteiger partial charge is 0.320 e. The van der Waals surface area contributed by atoms with Gasteiger partial charge in [-0.3, -0.25) is 9.59 Å². The van der Waals surface area contributed by atoms with Crippen molar-refractivity contribution in [1.82, 2.24) is 0 Å². The molecule has 1 aliphatic heterocycles. The average Bonchev–Trinajstić information content (AvgIpc) is 3.01. The van der Waals surface area contributed by atoms with Gasteiger partial charge >= 0.3 is 0 Å². The summed E-state index contributed by atoms with van der Waals surface area (Å²) in [6.45, 7) is 0.630. The standard InChI is InChI=1S/C18H16F2N2O2S/c19-18(20)25-13-9-7-12(8-10-13)17(24)21-14-4-1-2-5-15(14)22-11-3-6-16(22)23/h1-2,4-5,7-10,18H,3,6,11H2,(H,21,24). The van der Waals surface area contributed by atoms with Crippen LogP contribution in [0.15, 0.2) is 53.4 Å². The molecule has 1 heterocycles. The van der Waals surface area contributed by atoms with E-state index < -0.39 is 5.76 Å². The van der Waals surface area contributed by atoms with E-state index in [1.807, 2.05) is 6.07 Å².